The Labute approximate surface area is 101 Å². The molecule has 0 saturated carbocycles. The Bertz CT molecular complexity index is 353. The van der Waals surface area contributed by atoms with Crippen LogP contribution < -0.4 is 10.6 Å². The van der Waals surface area contributed by atoms with Crippen molar-refractivity contribution in [2.45, 2.75) is 44.1 Å². The van der Waals surface area contributed by atoms with Crippen LogP contribution in [0.4, 0.5) is 0 Å². The minimum absolute atomic E-state index is 0.442. The molecule has 0 spiro atoms. The Morgan fingerprint density at radius 1 is 1.24 bits per heavy atom. The summed E-state index contributed by atoms with van der Waals surface area (Å²) in [5.41, 5.74) is 0. The zero-order valence-corrected chi connectivity index (χ0v) is 10.1. The van der Waals surface area contributed by atoms with Gasteiger partial charge in [0.1, 0.15) is 0 Å². The minimum Gasteiger partial charge on any atom is -0.339 e. The smallest absolute Gasteiger partial charge is 0.228 e. The third-order valence-electron chi connectivity index (χ3n) is 3.73. The molecule has 5 heteroatoms. The molecule has 3 heterocycles. The molecule has 0 radical (unpaired) electrons. The van der Waals surface area contributed by atoms with E-state index in [9.17, 15) is 0 Å². The van der Waals surface area contributed by atoms with E-state index in [0.29, 0.717) is 12.0 Å². The highest BCUT2D eigenvalue weighted by Crippen LogP contribution is 2.21. The highest BCUT2D eigenvalue weighted by atomic mass is 16.5. The van der Waals surface area contributed by atoms with Gasteiger partial charge in [-0.15, -0.1) is 0 Å². The molecule has 2 N–H and O–H groups in total. The molecule has 2 aliphatic heterocycles. The molecule has 0 bridgehead atoms. The zero-order chi connectivity index (χ0) is 11.5. The third kappa shape index (κ3) is 2.66. The lowest BCUT2D eigenvalue weighted by Gasteiger charge is -2.19. The molecule has 2 unspecified atom stereocenters. The van der Waals surface area contributed by atoms with Crippen LogP contribution in [0.2, 0.25) is 0 Å². The van der Waals surface area contributed by atoms with Gasteiger partial charge in [-0.2, -0.15) is 4.98 Å². The van der Waals surface area contributed by atoms with Crippen molar-refractivity contribution in [1.29, 1.82) is 0 Å². The fourth-order valence-electron chi connectivity index (χ4n) is 2.73. The largest absolute Gasteiger partial charge is 0.339 e. The van der Waals surface area contributed by atoms with Gasteiger partial charge in [-0.25, -0.2) is 0 Å². The summed E-state index contributed by atoms with van der Waals surface area (Å²) in [4.78, 5) is 4.54. The number of nitrogens with one attached hydrogen (secondary N) is 2. The topological polar surface area (TPSA) is 63.0 Å². The Hall–Kier alpha value is -0.940. The first-order chi connectivity index (χ1) is 8.42. The van der Waals surface area contributed by atoms with Crippen LogP contribution in [0.5, 0.6) is 0 Å². The van der Waals surface area contributed by atoms with Crippen LogP contribution in [0.25, 0.3) is 0 Å². The number of piperidine rings is 1. The molecular weight excluding hydrogens is 216 g/mol. The van der Waals surface area contributed by atoms with Crippen molar-refractivity contribution in [3.8, 4) is 0 Å². The third-order valence-corrected chi connectivity index (χ3v) is 3.73. The van der Waals surface area contributed by atoms with E-state index in [1.54, 1.807) is 0 Å². The molecular formula is C12H20N4O. The maximum Gasteiger partial charge on any atom is 0.228 e. The molecule has 2 atom stereocenters. The Morgan fingerprint density at radius 3 is 2.94 bits per heavy atom. The van der Waals surface area contributed by atoms with Gasteiger partial charge in [0.05, 0.1) is 0 Å². The van der Waals surface area contributed by atoms with Crippen LogP contribution in [-0.4, -0.2) is 35.8 Å². The number of nitrogens with zero attached hydrogens (tertiary/aromatic N) is 2. The maximum absolute atomic E-state index is 5.35. The quantitative estimate of drug-likeness (QED) is 0.814. The van der Waals surface area contributed by atoms with E-state index in [0.717, 1.165) is 37.8 Å². The predicted molar refractivity (Wildman–Crippen MR) is 63.9 cm³/mol. The molecule has 1 aromatic heterocycles. The monoisotopic (exact) mass is 236 g/mol. The van der Waals surface area contributed by atoms with Crippen molar-refractivity contribution in [1.82, 2.24) is 20.8 Å². The summed E-state index contributed by atoms with van der Waals surface area (Å²) in [6.45, 7) is 3.23. The standard InChI is InChI=1S/C12H20N4O/c1-3-9(8-13-5-1)12-15-11(17-16-12)7-10-4-2-6-14-10/h9-10,13-14H,1-8H2. The summed E-state index contributed by atoms with van der Waals surface area (Å²) in [7, 11) is 0. The van der Waals surface area contributed by atoms with Gasteiger partial charge < -0.3 is 15.2 Å². The molecule has 0 aliphatic carbocycles. The van der Waals surface area contributed by atoms with Gasteiger partial charge in [-0.1, -0.05) is 5.16 Å². The second kappa shape index (κ2) is 5.14. The molecule has 2 fully saturated rings. The van der Waals surface area contributed by atoms with E-state index >= 15 is 0 Å². The van der Waals surface area contributed by atoms with Crippen LogP contribution in [-0.2, 0) is 6.42 Å². The summed E-state index contributed by atoms with van der Waals surface area (Å²) in [6, 6.07) is 0.535. The molecule has 17 heavy (non-hydrogen) atoms. The van der Waals surface area contributed by atoms with Gasteiger partial charge >= 0.3 is 0 Å². The Kier molecular flexibility index (Phi) is 3.38. The normalized spacial score (nSPS) is 29.6. The average molecular weight is 236 g/mol. The first kappa shape index (κ1) is 11.2. The van der Waals surface area contributed by atoms with Crippen molar-refractivity contribution in [2.75, 3.05) is 19.6 Å². The van der Waals surface area contributed by atoms with Gasteiger partial charge in [0.2, 0.25) is 5.89 Å². The van der Waals surface area contributed by atoms with Crippen LogP contribution in [0, 0.1) is 0 Å². The van der Waals surface area contributed by atoms with E-state index in [4.69, 9.17) is 4.52 Å². The Morgan fingerprint density at radius 2 is 2.18 bits per heavy atom. The molecule has 5 nitrogen and oxygen atoms in total. The van der Waals surface area contributed by atoms with Crippen molar-refractivity contribution in [3.63, 3.8) is 0 Å². The van der Waals surface area contributed by atoms with Crippen LogP contribution in [0.1, 0.15) is 43.3 Å². The number of hydrogen-bond donors (Lipinski definition) is 2. The van der Waals surface area contributed by atoms with E-state index in [1.807, 2.05) is 0 Å². The molecule has 0 aromatic carbocycles. The van der Waals surface area contributed by atoms with Crippen molar-refractivity contribution >= 4 is 0 Å². The maximum atomic E-state index is 5.35. The van der Waals surface area contributed by atoms with Crippen LogP contribution in [0.15, 0.2) is 4.52 Å². The fourth-order valence-corrected chi connectivity index (χ4v) is 2.73. The predicted octanol–water partition coefficient (Wildman–Crippen LogP) is 0.831. The molecule has 2 aliphatic rings. The minimum atomic E-state index is 0.442. The van der Waals surface area contributed by atoms with E-state index in [2.05, 4.69) is 20.8 Å². The van der Waals surface area contributed by atoms with E-state index in [1.165, 1.54) is 25.7 Å². The lowest BCUT2D eigenvalue weighted by molar-refractivity contribution is 0.351. The zero-order valence-electron chi connectivity index (χ0n) is 10.1. The van der Waals surface area contributed by atoms with Crippen LogP contribution >= 0.6 is 0 Å². The lowest BCUT2D eigenvalue weighted by atomic mass is 9.99. The molecule has 3 rings (SSSR count). The molecule has 2 saturated heterocycles. The summed E-state index contributed by atoms with van der Waals surface area (Å²) in [6.07, 6.45) is 5.75. The lowest BCUT2D eigenvalue weighted by Crippen LogP contribution is -2.29. The highest BCUT2D eigenvalue weighted by Gasteiger charge is 2.22. The van der Waals surface area contributed by atoms with Crippen LogP contribution in [0.3, 0.4) is 0 Å². The summed E-state index contributed by atoms with van der Waals surface area (Å²) >= 11 is 0. The second-order valence-corrected chi connectivity index (χ2v) is 5.09. The second-order valence-electron chi connectivity index (χ2n) is 5.09. The first-order valence-electron chi connectivity index (χ1n) is 6.68. The van der Waals surface area contributed by atoms with Gasteiger partial charge in [0.25, 0.3) is 0 Å². The van der Waals surface area contributed by atoms with Crippen molar-refractivity contribution in [3.05, 3.63) is 11.7 Å². The summed E-state index contributed by atoms with van der Waals surface area (Å²) in [5.74, 6) is 2.13. The van der Waals surface area contributed by atoms with Crippen molar-refractivity contribution < 1.29 is 4.52 Å². The SMILES string of the molecule is C1CNC(Cc2nc(C3CCCNC3)no2)C1. The number of rotatable bonds is 3. The molecule has 0 amide bonds. The van der Waals surface area contributed by atoms with Gasteiger partial charge in [0, 0.05) is 24.9 Å². The van der Waals surface area contributed by atoms with Gasteiger partial charge in [-0.05, 0) is 38.8 Å². The van der Waals surface area contributed by atoms with E-state index < -0.39 is 0 Å². The summed E-state index contributed by atoms with van der Waals surface area (Å²) < 4.78 is 5.35. The van der Waals surface area contributed by atoms with Gasteiger partial charge in [-0.3, -0.25) is 0 Å². The highest BCUT2D eigenvalue weighted by molar-refractivity contribution is 4.99. The first-order valence-corrected chi connectivity index (χ1v) is 6.68. The average Bonchev–Trinajstić information content (AvgIpc) is 3.02. The molecule has 1 aromatic rings. The number of aromatic nitrogens is 2. The van der Waals surface area contributed by atoms with E-state index in [-0.39, 0.29) is 0 Å². The molecule has 94 valence electrons. The fraction of sp³-hybridized carbons (Fsp3) is 0.833. The van der Waals surface area contributed by atoms with Crippen molar-refractivity contribution in [2.24, 2.45) is 0 Å². The van der Waals surface area contributed by atoms with Gasteiger partial charge in [0.15, 0.2) is 5.82 Å². The number of hydrogen-bond acceptors (Lipinski definition) is 5. The summed E-state index contributed by atoms with van der Waals surface area (Å²) in [5, 5.41) is 11.0. The Balaban J connectivity index is 1.60.